The van der Waals surface area contributed by atoms with Crippen molar-refractivity contribution in [3.8, 4) is 0 Å². The van der Waals surface area contributed by atoms with E-state index >= 15 is 0 Å². The van der Waals surface area contributed by atoms with Gasteiger partial charge in [0.05, 0.1) is 5.41 Å². The maximum Gasteiger partial charge on any atom is 0.394 e. The Labute approximate surface area is 95.5 Å². The zero-order chi connectivity index (χ0) is 12.7. The number of aromatic nitrogens is 3. The molecule has 0 saturated heterocycles. The van der Waals surface area contributed by atoms with Crippen LogP contribution in [-0.2, 0) is 6.42 Å². The second-order valence-electron chi connectivity index (χ2n) is 4.28. The third-order valence-corrected chi connectivity index (χ3v) is 3.12. The summed E-state index contributed by atoms with van der Waals surface area (Å²) < 4.78 is 38.7. The third-order valence-electron chi connectivity index (χ3n) is 3.12. The van der Waals surface area contributed by atoms with Crippen LogP contribution in [0.3, 0.4) is 0 Å². The van der Waals surface area contributed by atoms with E-state index in [0.29, 0.717) is 6.42 Å². The van der Waals surface area contributed by atoms with Crippen molar-refractivity contribution >= 4 is 11.9 Å². The van der Waals surface area contributed by atoms with E-state index in [-0.39, 0.29) is 37.0 Å². The maximum atomic E-state index is 12.9. The Morgan fingerprint density at radius 2 is 1.59 bits per heavy atom. The number of alkyl halides is 3. The Kier molecular flexibility index (Phi) is 2.59. The van der Waals surface area contributed by atoms with E-state index in [9.17, 15) is 13.2 Å². The van der Waals surface area contributed by atoms with Gasteiger partial charge in [-0.15, -0.1) is 0 Å². The van der Waals surface area contributed by atoms with Crippen molar-refractivity contribution in [3.05, 3.63) is 5.82 Å². The number of nitrogens with two attached hydrogens (primary N) is 2. The molecule has 0 bridgehead atoms. The lowest BCUT2D eigenvalue weighted by Gasteiger charge is -2.42. The molecule has 2 rings (SSSR count). The molecule has 1 aromatic rings. The summed E-state index contributed by atoms with van der Waals surface area (Å²) in [5.74, 6) is -0.291. The SMILES string of the molecule is Nc1nc(N)nc(CC2(C(F)(F)F)CCC2)n1. The predicted octanol–water partition coefficient (Wildman–Crippen LogP) is 1.31. The van der Waals surface area contributed by atoms with Crippen LogP contribution in [-0.4, -0.2) is 21.1 Å². The topological polar surface area (TPSA) is 90.7 Å². The zero-order valence-corrected chi connectivity index (χ0v) is 8.96. The minimum atomic E-state index is -4.25. The molecule has 0 aromatic carbocycles. The number of nitrogens with zero attached hydrogens (tertiary/aromatic N) is 3. The summed E-state index contributed by atoms with van der Waals surface area (Å²) in [6.45, 7) is 0. The van der Waals surface area contributed by atoms with Crippen molar-refractivity contribution in [1.29, 1.82) is 0 Å². The van der Waals surface area contributed by atoms with Gasteiger partial charge in [-0.2, -0.15) is 28.1 Å². The van der Waals surface area contributed by atoms with Crippen LogP contribution in [0.5, 0.6) is 0 Å². The number of hydrogen-bond donors (Lipinski definition) is 2. The third kappa shape index (κ3) is 2.11. The average Bonchev–Trinajstić information content (AvgIpc) is 2.07. The fraction of sp³-hybridized carbons (Fsp3) is 0.667. The Hall–Kier alpha value is -1.60. The Morgan fingerprint density at radius 1 is 1.06 bits per heavy atom. The minimum absolute atomic E-state index is 0.00650. The highest BCUT2D eigenvalue weighted by Crippen LogP contribution is 2.54. The molecule has 1 heterocycles. The fourth-order valence-electron chi connectivity index (χ4n) is 2.00. The summed E-state index contributed by atoms with van der Waals surface area (Å²) in [6, 6.07) is 0. The summed E-state index contributed by atoms with van der Waals surface area (Å²) in [6.07, 6.45) is -3.77. The molecule has 1 aliphatic carbocycles. The van der Waals surface area contributed by atoms with E-state index in [1.165, 1.54) is 0 Å². The standard InChI is InChI=1S/C9H12F3N5/c10-9(11,12)8(2-1-3-8)4-5-15-6(13)17-7(14)16-5/h1-4H2,(H4,13,14,15,16,17). The average molecular weight is 247 g/mol. The molecule has 0 aliphatic heterocycles. The van der Waals surface area contributed by atoms with E-state index in [4.69, 9.17) is 11.5 Å². The van der Waals surface area contributed by atoms with Crippen molar-refractivity contribution in [2.45, 2.75) is 31.9 Å². The Balaban J connectivity index is 2.25. The van der Waals surface area contributed by atoms with E-state index < -0.39 is 11.6 Å². The lowest BCUT2D eigenvalue weighted by atomic mass is 9.66. The first-order valence-corrected chi connectivity index (χ1v) is 5.15. The minimum Gasteiger partial charge on any atom is -0.368 e. The molecular formula is C9H12F3N5. The van der Waals surface area contributed by atoms with Gasteiger partial charge in [-0.25, -0.2) is 0 Å². The molecule has 0 atom stereocenters. The molecule has 1 aliphatic rings. The smallest absolute Gasteiger partial charge is 0.368 e. The maximum absolute atomic E-state index is 12.9. The molecular weight excluding hydrogens is 235 g/mol. The first kappa shape index (κ1) is 11.9. The van der Waals surface area contributed by atoms with E-state index in [1.807, 2.05) is 0 Å². The van der Waals surface area contributed by atoms with Crippen LogP contribution >= 0.6 is 0 Å². The summed E-state index contributed by atoms with van der Waals surface area (Å²) >= 11 is 0. The van der Waals surface area contributed by atoms with Gasteiger partial charge in [0.15, 0.2) is 0 Å². The van der Waals surface area contributed by atoms with Crippen molar-refractivity contribution in [2.24, 2.45) is 5.41 Å². The van der Waals surface area contributed by atoms with Crippen LogP contribution in [0.4, 0.5) is 25.1 Å². The molecule has 0 amide bonds. The number of rotatable bonds is 2. The quantitative estimate of drug-likeness (QED) is 0.822. The normalized spacial score (nSPS) is 18.8. The van der Waals surface area contributed by atoms with Gasteiger partial charge in [-0.05, 0) is 12.8 Å². The van der Waals surface area contributed by atoms with Gasteiger partial charge in [-0.3, -0.25) is 0 Å². The largest absolute Gasteiger partial charge is 0.394 e. The van der Waals surface area contributed by atoms with Crippen LogP contribution in [0, 0.1) is 5.41 Å². The molecule has 0 unspecified atom stereocenters. The Morgan fingerprint density at radius 3 is 1.94 bits per heavy atom. The molecule has 0 spiro atoms. The highest BCUT2D eigenvalue weighted by molar-refractivity contribution is 5.26. The number of anilines is 2. The van der Waals surface area contributed by atoms with Gasteiger partial charge in [0.2, 0.25) is 11.9 Å². The molecule has 4 N–H and O–H groups in total. The molecule has 0 radical (unpaired) electrons. The van der Waals surface area contributed by atoms with Crippen molar-refractivity contribution in [3.63, 3.8) is 0 Å². The van der Waals surface area contributed by atoms with Gasteiger partial charge >= 0.3 is 6.18 Å². The zero-order valence-electron chi connectivity index (χ0n) is 8.96. The first-order chi connectivity index (χ1) is 7.82. The number of hydrogen-bond acceptors (Lipinski definition) is 5. The summed E-state index contributed by atoms with van der Waals surface area (Å²) in [7, 11) is 0. The van der Waals surface area contributed by atoms with E-state index in [1.54, 1.807) is 0 Å². The van der Waals surface area contributed by atoms with Crippen molar-refractivity contribution in [2.75, 3.05) is 11.5 Å². The number of halogens is 3. The molecule has 8 heteroatoms. The van der Waals surface area contributed by atoms with Crippen LogP contribution in [0.15, 0.2) is 0 Å². The molecule has 5 nitrogen and oxygen atoms in total. The summed E-state index contributed by atoms with van der Waals surface area (Å²) in [5.41, 5.74) is 8.93. The predicted molar refractivity (Wildman–Crippen MR) is 54.7 cm³/mol. The molecule has 17 heavy (non-hydrogen) atoms. The highest BCUT2D eigenvalue weighted by atomic mass is 19.4. The van der Waals surface area contributed by atoms with Crippen LogP contribution in [0.25, 0.3) is 0 Å². The van der Waals surface area contributed by atoms with Gasteiger partial charge in [0.25, 0.3) is 0 Å². The summed E-state index contributed by atoms with van der Waals surface area (Å²) in [4.78, 5) is 10.9. The van der Waals surface area contributed by atoms with Gasteiger partial charge in [0.1, 0.15) is 5.82 Å². The monoisotopic (exact) mass is 247 g/mol. The Bertz CT molecular complexity index is 407. The van der Waals surface area contributed by atoms with Gasteiger partial charge in [-0.1, -0.05) is 6.42 Å². The summed E-state index contributed by atoms with van der Waals surface area (Å²) in [5, 5.41) is 0. The lowest BCUT2D eigenvalue weighted by molar-refractivity contribution is -0.250. The molecule has 94 valence electrons. The fourth-order valence-corrected chi connectivity index (χ4v) is 2.00. The van der Waals surface area contributed by atoms with Crippen LogP contribution in [0.2, 0.25) is 0 Å². The highest BCUT2D eigenvalue weighted by Gasteiger charge is 2.58. The second kappa shape index (κ2) is 3.71. The van der Waals surface area contributed by atoms with Crippen molar-refractivity contribution < 1.29 is 13.2 Å². The van der Waals surface area contributed by atoms with Crippen molar-refractivity contribution in [1.82, 2.24) is 15.0 Å². The van der Waals surface area contributed by atoms with E-state index in [2.05, 4.69) is 15.0 Å². The molecule has 1 fully saturated rings. The van der Waals surface area contributed by atoms with E-state index in [0.717, 1.165) is 0 Å². The lowest BCUT2D eigenvalue weighted by Crippen LogP contribution is -2.46. The molecule has 1 saturated carbocycles. The van der Waals surface area contributed by atoms with Crippen LogP contribution in [0.1, 0.15) is 25.1 Å². The van der Waals surface area contributed by atoms with Gasteiger partial charge < -0.3 is 11.5 Å². The van der Waals surface area contributed by atoms with Gasteiger partial charge in [0, 0.05) is 6.42 Å². The molecule has 1 aromatic heterocycles. The number of nitrogen functional groups attached to an aromatic ring is 2. The van der Waals surface area contributed by atoms with Crippen LogP contribution < -0.4 is 11.5 Å². The first-order valence-electron chi connectivity index (χ1n) is 5.15. The second-order valence-corrected chi connectivity index (χ2v) is 4.28.